The molecule has 0 N–H and O–H groups in total. The zero-order valence-electron chi connectivity index (χ0n) is 9.49. The second-order valence-corrected chi connectivity index (χ2v) is 3.22. The van der Waals surface area contributed by atoms with Crippen LogP contribution in [0.1, 0.15) is 27.2 Å². The van der Waals surface area contributed by atoms with Crippen LogP contribution in [0.4, 0.5) is 0 Å². The second kappa shape index (κ2) is 7.04. The summed E-state index contributed by atoms with van der Waals surface area (Å²) < 4.78 is 9.44. The molecule has 0 fully saturated rings. The first kappa shape index (κ1) is 13.7. The number of carbonyl (C=O) groups excluding carboxylic acids is 2. The molecule has 0 aromatic rings. The van der Waals surface area contributed by atoms with Crippen molar-refractivity contribution in [2.24, 2.45) is 11.8 Å². The highest BCUT2D eigenvalue weighted by atomic mass is 16.5. The predicted octanol–water partition coefficient (Wildman–Crippen LogP) is 1.90. The predicted molar refractivity (Wildman–Crippen MR) is 55.9 cm³/mol. The van der Waals surface area contributed by atoms with Crippen molar-refractivity contribution in [1.29, 1.82) is 0 Å². The fraction of sp³-hybridized carbons (Fsp3) is 0.636. The molecule has 2 unspecified atom stereocenters. The lowest BCUT2D eigenvalue weighted by Gasteiger charge is -2.18. The summed E-state index contributed by atoms with van der Waals surface area (Å²) in [7, 11) is 0. The van der Waals surface area contributed by atoms with E-state index >= 15 is 0 Å². The summed E-state index contributed by atoms with van der Waals surface area (Å²) in [6.07, 6.45) is 1.73. The third-order valence-corrected chi connectivity index (χ3v) is 2.21. The molecule has 86 valence electrons. The van der Waals surface area contributed by atoms with Crippen LogP contribution in [0.5, 0.6) is 0 Å². The average molecular weight is 214 g/mol. The quantitative estimate of drug-likeness (QED) is 0.385. The van der Waals surface area contributed by atoms with Gasteiger partial charge in [-0.25, -0.2) is 0 Å². The molecule has 0 rings (SSSR count). The van der Waals surface area contributed by atoms with Crippen LogP contribution in [0.2, 0.25) is 0 Å². The van der Waals surface area contributed by atoms with E-state index < -0.39 is 17.9 Å². The number of rotatable bonds is 6. The first-order valence-electron chi connectivity index (χ1n) is 5.06. The SMILES string of the molecule is C=COC(=O)C(C(=O)OCC)C(C)CC. The van der Waals surface area contributed by atoms with Crippen molar-refractivity contribution in [3.8, 4) is 0 Å². The van der Waals surface area contributed by atoms with Gasteiger partial charge in [0.1, 0.15) is 0 Å². The van der Waals surface area contributed by atoms with Crippen molar-refractivity contribution in [2.75, 3.05) is 6.61 Å². The molecular weight excluding hydrogens is 196 g/mol. The number of carbonyl (C=O) groups is 2. The van der Waals surface area contributed by atoms with E-state index in [1.54, 1.807) is 6.92 Å². The third kappa shape index (κ3) is 4.14. The van der Waals surface area contributed by atoms with Crippen LogP contribution in [0, 0.1) is 11.8 Å². The highest BCUT2D eigenvalue weighted by Crippen LogP contribution is 2.18. The molecule has 0 aliphatic heterocycles. The fourth-order valence-electron chi connectivity index (χ4n) is 1.18. The molecule has 2 atom stereocenters. The van der Waals surface area contributed by atoms with Crippen molar-refractivity contribution >= 4 is 11.9 Å². The molecule has 0 radical (unpaired) electrons. The number of hydrogen-bond donors (Lipinski definition) is 0. The van der Waals surface area contributed by atoms with E-state index in [2.05, 4.69) is 11.3 Å². The van der Waals surface area contributed by atoms with E-state index in [1.807, 2.05) is 13.8 Å². The topological polar surface area (TPSA) is 52.6 Å². The Balaban J connectivity index is 4.63. The third-order valence-electron chi connectivity index (χ3n) is 2.21. The van der Waals surface area contributed by atoms with Gasteiger partial charge in [-0.3, -0.25) is 9.59 Å². The molecule has 0 spiro atoms. The van der Waals surface area contributed by atoms with Crippen molar-refractivity contribution in [2.45, 2.75) is 27.2 Å². The Hall–Kier alpha value is -1.32. The molecule has 15 heavy (non-hydrogen) atoms. The Bertz CT molecular complexity index is 235. The maximum Gasteiger partial charge on any atom is 0.325 e. The lowest BCUT2D eigenvalue weighted by molar-refractivity contribution is -0.161. The summed E-state index contributed by atoms with van der Waals surface area (Å²) in [5.74, 6) is -2.08. The van der Waals surface area contributed by atoms with Crippen molar-refractivity contribution < 1.29 is 19.1 Å². The fourth-order valence-corrected chi connectivity index (χ4v) is 1.18. The standard InChI is InChI=1S/C11H18O4/c1-5-8(4)9(10(12)14-6-2)11(13)15-7-3/h6,8-9H,2,5,7H2,1,3-4H3. The van der Waals surface area contributed by atoms with Gasteiger partial charge in [-0.1, -0.05) is 26.8 Å². The summed E-state index contributed by atoms with van der Waals surface area (Å²) in [6.45, 7) is 8.95. The zero-order chi connectivity index (χ0) is 11.8. The Kier molecular flexibility index (Phi) is 6.42. The first-order valence-corrected chi connectivity index (χ1v) is 5.06. The zero-order valence-corrected chi connectivity index (χ0v) is 9.49. The number of esters is 2. The first-order chi connectivity index (χ1) is 7.08. The Morgan fingerprint density at radius 1 is 1.33 bits per heavy atom. The lowest BCUT2D eigenvalue weighted by Crippen LogP contribution is -2.32. The van der Waals surface area contributed by atoms with E-state index in [0.717, 1.165) is 6.26 Å². The van der Waals surface area contributed by atoms with Gasteiger partial charge in [-0.05, 0) is 12.8 Å². The van der Waals surface area contributed by atoms with Gasteiger partial charge >= 0.3 is 11.9 Å². The highest BCUT2D eigenvalue weighted by molar-refractivity contribution is 5.95. The van der Waals surface area contributed by atoms with Crippen LogP contribution >= 0.6 is 0 Å². The summed E-state index contributed by atoms with van der Waals surface area (Å²) in [5, 5.41) is 0. The molecular formula is C11H18O4. The van der Waals surface area contributed by atoms with Crippen molar-refractivity contribution in [3.05, 3.63) is 12.8 Å². The van der Waals surface area contributed by atoms with Crippen molar-refractivity contribution in [3.63, 3.8) is 0 Å². The van der Waals surface area contributed by atoms with Crippen molar-refractivity contribution in [1.82, 2.24) is 0 Å². The van der Waals surface area contributed by atoms with Gasteiger partial charge in [0.25, 0.3) is 0 Å². The summed E-state index contributed by atoms with van der Waals surface area (Å²) in [4.78, 5) is 23.0. The van der Waals surface area contributed by atoms with Gasteiger partial charge in [0.2, 0.25) is 0 Å². The number of hydrogen-bond acceptors (Lipinski definition) is 4. The van der Waals surface area contributed by atoms with E-state index in [0.29, 0.717) is 6.42 Å². The van der Waals surface area contributed by atoms with Gasteiger partial charge in [-0.15, -0.1) is 0 Å². The Morgan fingerprint density at radius 2 is 1.93 bits per heavy atom. The minimum absolute atomic E-state index is 0.100. The molecule has 0 bridgehead atoms. The molecule has 0 aromatic heterocycles. The minimum atomic E-state index is -0.854. The van der Waals surface area contributed by atoms with Crippen LogP contribution in [-0.4, -0.2) is 18.5 Å². The van der Waals surface area contributed by atoms with Crippen LogP contribution in [-0.2, 0) is 19.1 Å². The van der Waals surface area contributed by atoms with Gasteiger partial charge in [-0.2, -0.15) is 0 Å². The average Bonchev–Trinajstić information content (AvgIpc) is 2.18. The minimum Gasteiger partial charge on any atom is -0.465 e. The molecule has 0 amide bonds. The van der Waals surface area contributed by atoms with E-state index in [4.69, 9.17) is 4.74 Å². The number of ether oxygens (including phenoxy) is 2. The van der Waals surface area contributed by atoms with E-state index in [9.17, 15) is 9.59 Å². The molecule has 0 saturated heterocycles. The van der Waals surface area contributed by atoms with E-state index in [1.165, 1.54) is 0 Å². The molecule has 0 aliphatic rings. The lowest BCUT2D eigenvalue weighted by atomic mass is 9.92. The van der Waals surface area contributed by atoms with Gasteiger partial charge in [0, 0.05) is 0 Å². The molecule has 0 heterocycles. The maximum atomic E-state index is 11.5. The summed E-state index contributed by atoms with van der Waals surface area (Å²) >= 11 is 0. The largest absolute Gasteiger partial charge is 0.465 e. The molecule has 4 heteroatoms. The molecule has 0 aromatic carbocycles. The Morgan fingerprint density at radius 3 is 2.33 bits per heavy atom. The van der Waals surface area contributed by atoms with Gasteiger partial charge in [0.05, 0.1) is 12.9 Å². The molecule has 4 nitrogen and oxygen atoms in total. The summed E-state index contributed by atoms with van der Waals surface area (Å²) in [5.41, 5.74) is 0. The smallest absolute Gasteiger partial charge is 0.325 e. The van der Waals surface area contributed by atoms with Crippen LogP contribution in [0.25, 0.3) is 0 Å². The molecule has 0 aliphatic carbocycles. The maximum absolute atomic E-state index is 11.5. The van der Waals surface area contributed by atoms with Crippen LogP contribution < -0.4 is 0 Å². The monoisotopic (exact) mass is 214 g/mol. The summed E-state index contributed by atoms with van der Waals surface area (Å²) in [6, 6.07) is 0. The van der Waals surface area contributed by atoms with Gasteiger partial charge < -0.3 is 9.47 Å². The van der Waals surface area contributed by atoms with Crippen LogP contribution in [0.15, 0.2) is 12.8 Å². The molecule has 0 saturated carbocycles. The normalized spacial score (nSPS) is 13.8. The highest BCUT2D eigenvalue weighted by Gasteiger charge is 2.33. The Labute approximate surface area is 90.2 Å². The van der Waals surface area contributed by atoms with Gasteiger partial charge in [0.15, 0.2) is 5.92 Å². The van der Waals surface area contributed by atoms with E-state index in [-0.39, 0.29) is 12.5 Å². The second-order valence-electron chi connectivity index (χ2n) is 3.22. The van der Waals surface area contributed by atoms with Crippen LogP contribution in [0.3, 0.4) is 0 Å².